The number of aromatic nitrogens is 3. The summed E-state index contributed by atoms with van der Waals surface area (Å²) in [5, 5.41) is 23.6. The maximum absolute atomic E-state index is 9.33. The van der Waals surface area contributed by atoms with Crippen LogP contribution in [0.15, 0.2) is 21.2 Å². The molecule has 134 valence electrons. The zero-order valence-electron chi connectivity index (χ0n) is 15.2. The Balaban J connectivity index is 1.75. The predicted octanol–water partition coefficient (Wildman–Crippen LogP) is 3.39. The van der Waals surface area contributed by atoms with Gasteiger partial charge < -0.3 is 19.7 Å². The molecule has 0 unspecified atom stereocenters. The number of nitrogens with zero attached hydrogens (tertiary/aromatic N) is 4. The van der Waals surface area contributed by atoms with Gasteiger partial charge in [-0.15, -0.1) is 0 Å². The van der Waals surface area contributed by atoms with Crippen LogP contribution in [0.1, 0.15) is 39.6 Å². The Morgan fingerprint density at radius 3 is 2.00 bits per heavy atom. The minimum Gasteiger partial charge on any atom is -0.366 e. The van der Waals surface area contributed by atoms with Crippen molar-refractivity contribution in [2.45, 2.75) is 40.8 Å². The number of nitriles is 1. The zero-order chi connectivity index (χ0) is 18.7. The Bertz CT molecular complexity index is 928. The molecule has 0 saturated carbocycles. The molecule has 0 aliphatic rings. The first-order valence-electron chi connectivity index (χ1n) is 8.22. The Hall–Kier alpha value is -3.34. The highest BCUT2D eigenvalue weighted by molar-refractivity contribution is 5.57. The van der Waals surface area contributed by atoms with Crippen LogP contribution in [0.2, 0.25) is 0 Å². The van der Waals surface area contributed by atoms with Crippen molar-refractivity contribution in [2.75, 3.05) is 10.6 Å². The van der Waals surface area contributed by atoms with Crippen LogP contribution in [0.25, 0.3) is 0 Å². The van der Waals surface area contributed by atoms with Crippen molar-refractivity contribution in [3.05, 3.63) is 51.7 Å². The van der Waals surface area contributed by atoms with Crippen LogP contribution < -0.4 is 10.6 Å². The van der Waals surface area contributed by atoms with Gasteiger partial charge in [0.25, 0.3) is 0 Å². The van der Waals surface area contributed by atoms with E-state index in [9.17, 15) is 5.26 Å². The average molecular weight is 352 g/mol. The van der Waals surface area contributed by atoms with E-state index in [0.29, 0.717) is 30.3 Å². The van der Waals surface area contributed by atoms with Crippen LogP contribution >= 0.6 is 0 Å². The van der Waals surface area contributed by atoms with Gasteiger partial charge in [-0.05, 0) is 39.8 Å². The molecule has 8 nitrogen and oxygen atoms in total. The number of aryl methyl sites for hydroxylation is 4. The van der Waals surface area contributed by atoms with Gasteiger partial charge in [-0.2, -0.15) is 5.26 Å². The van der Waals surface area contributed by atoms with Crippen LogP contribution in [0.5, 0.6) is 0 Å². The SMILES string of the molecule is Cc1noc(C)c1CNc1ccc(C#N)c(NCc2c(C)noc2C)n1. The molecule has 3 aromatic heterocycles. The van der Waals surface area contributed by atoms with Gasteiger partial charge >= 0.3 is 0 Å². The molecule has 2 N–H and O–H groups in total. The number of nitrogens with one attached hydrogen (secondary N) is 2. The van der Waals surface area contributed by atoms with E-state index < -0.39 is 0 Å². The second kappa shape index (κ2) is 7.27. The van der Waals surface area contributed by atoms with Gasteiger partial charge in [0, 0.05) is 24.2 Å². The lowest BCUT2D eigenvalue weighted by Gasteiger charge is -2.11. The summed E-state index contributed by atoms with van der Waals surface area (Å²) in [5.74, 6) is 2.70. The van der Waals surface area contributed by atoms with Crippen molar-refractivity contribution in [3.8, 4) is 6.07 Å². The molecule has 0 bridgehead atoms. The summed E-state index contributed by atoms with van der Waals surface area (Å²) in [6, 6.07) is 5.66. The van der Waals surface area contributed by atoms with Gasteiger partial charge in [0.1, 0.15) is 29.2 Å². The van der Waals surface area contributed by atoms with Crippen molar-refractivity contribution in [3.63, 3.8) is 0 Å². The highest BCUT2D eigenvalue weighted by atomic mass is 16.5. The summed E-state index contributed by atoms with van der Waals surface area (Å²) in [6.07, 6.45) is 0. The summed E-state index contributed by atoms with van der Waals surface area (Å²) in [5.41, 5.74) is 4.10. The molecular weight excluding hydrogens is 332 g/mol. The van der Waals surface area contributed by atoms with E-state index in [1.807, 2.05) is 27.7 Å². The van der Waals surface area contributed by atoms with E-state index in [1.54, 1.807) is 12.1 Å². The predicted molar refractivity (Wildman–Crippen MR) is 95.6 cm³/mol. The summed E-state index contributed by atoms with van der Waals surface area (Å²) < 4.78 is 10.3. The normalized spacial score (nSPS) is 10.6. The quantitative estimate of drug-likeness (QED) is 0.694. The van der Waals surface area contributed by atoms with Gasteiger partial charge in [-0.1, -0.05) is 10.3 Å². The Kier molecular flexibility index (Phi) is 4.89. The van der Waals surface area contributed by atoms with Crippen LogP contribution in [-0.2, 0) is 13.1 Å². The summed E-state index contributed by atoms with van der Waals surface area (Å²) in [4.78, 5) is 4.51. The molecule has 0 aliphatic carbocycles. The fraction of sp³-hybridized carbons (Fsp3) is 0.333. The van der Waals surface area contributed by atoms with E-state index >= 15 is 0 Å². The Morgan fingerprint density at radius 2 is 1.50 bits per heavy atom. The molecule has 0 spiro atoms. The van der Waals surface area contributed by atoms with Gasteiger partial charge in [-0.25, -0.2) is 4.98 Å². The third-order valence-electron chi connectivity index (χ3n) is 4.26. The number of hydrogen-bond acceptors (Lipinski definition) is 8. The zero-order valence-corrected chi connectivity index (χ0v) is 15.2. The highest BCUT2D eigenvalue weighted by Crippen LogP contribution is 2.20. The molecule has 26 heavy (non-hydrogen) atoms. The van der Waals surface area contributed by atoms with Gasteiger partial charge in [-0.3, -0.25) is 0 Å². The first kappa shape index (κ1) is 17.5. The molecule has 0 atom stereocenters. The summed E-state index contributed by atoms with van der Waals surface area (Å²) in [7, 11) is 0. The first-order valence-corrected chi connectivity index (χ1v) is 8.22. The van der Waals surface area contributed by atoms with Crippen LogP contribution in [-0.4, -0.2) is 15.3 Å². The molecule has 0 fully saturated rings. The van der Waals surface area contributed by atoms with Crippen LogP contribution in [0.3, 0.4) is 0 Å². The standard InChI is InChI=1S/C18H20N6O2/c1-10-15(12(3)25-23-10)8-20-17-6-5-14(7-19)18(22-17)21-9-16-11(2)24-26-13(16)4/h5-6H,8-9H2,1-4H3,(H2,20,21,22). The Morgan fingerprint density at radius 1 is 0.923 bits per heavy atom. The van der Waals surface area contributed by atoms with Gasteiger partial charge in [0.2, 0.25) is 0 Å². The number of rotatable bonds is 6. The lowest BCUT2D eigenvalue weighted by atomic mass is 10.2. The van der Waals surface area contributed by atoms with Crippen LogP contribution in [0.4, 0.5) is 11.6 Å². The monoisotopic (exact) mass is 352 g/mol. The summed E-state index contributed by atoms with van der Waals surface area (Å²) >= 11 is 0. The first-order chi connectivity index (χ1) is 12.5. The van der Waals surface area contributed by atoms with Gasteiger partial charge in [0.05, 0.1) is 17.0 Å². The fourth-order valence-corrected chi connectivity index (χ4v) is 2.64. The molecule has 3 rings (SSSR count). The van der Waals surface area contributed by atoms with Crippen molar-refractivity contribution < 1.29 is 9.05 Å². The van der Waals surface area contributed by atoms with Crippen LogP contribution in [0, 0.1) is 39.0 Å². The topological polar surface area (TPSA) is 113 Å². The third-order valence-corrected chi connectivity index (χ3v) is 4.26. The van der Waals surface area contributed by atoms with Crippen molar-refractivity contribution in [1.82, 2.24) is 15.3 Å². The molecule has 3 heterocycles. The average Bonchev–Trinajstić information content (AvgIpc) is 3.13. The smallest absolute Gasteiger partial charge is 0.146 e. The van der Waals surface area contributed by atoms with E-state index in [-0.39, 0.29) is 0 Å². The number of pyridine rings is 1. The maximum Gasteiger partial charge on any atom is 0.146 e. The van der Waals surface area contributed by atoms with E-state index in [1.165, 1.54) is 0 Å². The summed E-state index contributed by atoms with van der Waals surface area (Å²) in [6.45, 7) is 8.54. The second-order valence-electron chi connectivity index (χ2n) is 6.02. The molecule has 0 aliphatic heterocycles. The number of anilines is 2. The van der Waals surface area contributed by atoms with Crippen molar-refractivity contribution >= 4 is 11.6 Å². The van der Waals surface area contributed by atoms with Crippen molar-refractivity contribution in [2.24, 2.45) is 0 Å². The van der Waals surface area contributed by atoms with E-state index in [4.69, 9.17) is 9.05 Å². The van der Waals surface area contributed by atoms with Gasteiger partial charge in [0.15, 0.2) is 0 Å². The molecular formula is C18H20N6O2. The lowest BCUT2D eigenvalue weighted by Crippen LogP contribution is -2.08. The minimum atomic E-state index is 0.472. The van der Waals surface area contributed by atoms with Crippen molar-refractivity contribution in [1.29, 1.82) is 5.26 Å². The molecule has 8 heteroatoms. The minimum absolute atomic E-state index is 0.472. The third kappa shape index (κ3) is 3.52. The highest BCUT2D eigenvalue weighted by Gasteiger charge is 2.12. The lowest BCUT2D eigenvalue weighted by molar-refractivity contribution is 0.392. The molecule has 0 aromatic carbocycles. The molecule has 3 aromatic rings. The largest absolute Gasteiger partial charge is 0.366 e. The number of hydrogen-bond donors (Lipinski definition) is 2. The molecule has 0 saturated heterocycles. The maximum atomic E-state index is 9.33. The Labute approximate surface area is 151 Å². The van der Waals surface area contributed by atoms with E-state index in [0.717, 1.165) is 34.0 Å². The van der Waals surface area contributed by atoms with E-state index in [2.05, 4.69) is 32.0 Å². The fourth-order valence-electron chi connectivity index (χ4n) is 2.64. The second-order valence-corrected chi connectivity index (χ2v) is 6.02. The molecule has 0 radical (unpaired) electrons. The molecule has 0 amide bonds.